The monoisotopic (exact) mass is 377 g/mol. The predicted molar refractivity (Wildman–Crippen MR) is 97.9 cm³/mol. The molecule has 0 bridgehead atoms. The first-order valence-corrected chi connectivity index (χ1v) is 8.98. The van der Waals surface area contributed by atoms with E-state index in [-0.39, 0.29) is 11.3 Å². The van der Waals surface area contributed by atoms with Gasteiger partial charge in [-0.2, -0.15) is 5.10 Å². The number of hydrogen-bond acceptors (Lipinski definition) is 5. The molecular weight excluding hydrogens is 362 g/mol. The summed E-state index contributed by atoms with van der Waals surface area (Å²) in [7, 11) is 0. The molecule has 0 spiro atoms. The molecule has 0 saturated carbocycles. The van der Waals surface area contributed by atoms with Gasteiger partial charge in [0.2, 0.25) is 5.91 Å². The van der Waals surface area contributed by atoms with Crippen LogP contribution in [-0.4, -0.2) is 31.0 Å². The van der Waals surface area contributed by atoms with Crippen LogP contribution in [0.25, 0.3) is 11.0 Å². The fourth-order valence-corrected chi connectivity index (χ4v) is 3.21. The predicted octanol–water partition coefficient (Wildman–Crippen LogP) is 1.89. The molecule has 1 amide bonds. The van der Waals surface area contributed by atoms with Gasteiger partial charge in [0, 0.05) is 11.6 Å². The third kappa shape index (κ3) is 3.85. The van der Waals surface area contributed by atoms with E-state index >= 15 is 0 Å². The standard InChI is InChI=1S/C16H16ClN5O2S/c1-2-21-8-12-14(20-21)15(24)22(16(19-12)25-9-13(18)23)7-10-3-5-11(17)6-4-10/h3-6,8H,2,7,9H2,1H3,(H2,18,23). The summed E-state index contributed by atoms with van der Waals surface area (Å²) in [4.78, 5) is 28.5. The fourth-order valence-electron chi connectivity index (χ4n) is 2.34. The first kappa shape index (κ1) is 17.5. The Labute approximate surface area is 152 Å². The number of carbonyl (C=O) groups excluding carboxylic acids is 1. The highest BCUT2D eigenvalue weighted by Crippen LogP contribution is 2.19. The minimum absolute atomic E-state index is 0.0421. The van der Waals surface area contributed by atoms with E-state index in [1.807, 2.05) is 19.1 Å². The Kier molecular flexibility index (Phi) is 5.10. The van der Waals surface area contributed by atoms with Gasteiger partial charge in [-0.15, -0.1) is 0 Å². The lowest BCUT2D eigenvalue weighted by Gasteiger charge is -2.11. The molecule has 0 atom stereocenters. The topological polar surface area (TPSA) is 95.8 Å². The van der Waals surface area contributed by atoms with Gasteiger partial charge in [0.1, 0.15) is 5.52 Å². The van der Waals surface area contributed by atoms with Crippen molar-refractivity contribution in [2.24, 2.45) is 5.73 Å². The Morgan fingerprint density at radius 1 is 1.32 bits per heavy atom. The summed E-state index contributed by atoms with van der Waals surface area (Å²) in [6.45, 7) is 2.87. The van der Waals surface area contributed by atoms with Crippen molar-refractivity contribution in [2.45, 2.75) is 25.2 Å². The Morgan fingerprint density at radius 3 is 2.68 bits per heavy atom. The lowest BCUT2D eigenvalue weighted by molar-refractivity contribution is -0.115. The summed E-state index contributed by atoms with van der Waals surface area (Å²) in [6.07, 6.45) is 1.72. The highest BCUT2D eigenvalue weighted by atomic mass is 35.5. The summed E-state index contributed by atoms with van der Waals surface area (Å²) in [5.41, 5.74) is 6.68. The lowest BCUT2D eigenvalue weighted by atomic mass is 10.2. The van der Waals surface area contributed by atoms with Crippen LogP contribution in [0.3, 0.4) is 0 Å². The second kappa shape index (κ2) is 7.28. The molecule has 2 N–H and O–H groups in total. The molecule has 0 fully saturated rings. The van der Waals surface area contributed by atoms with Crippen molar-refractivity contribution in [3.05, 3.63) is 51.4 Å². The largest absolute Gasteiger partial charge is 0.369 e. The van der Waals surface area contributed by atoms with Crippen LogP contribution in [0.4, 0.5) is 0 Å². The van der Waals surface area contributed by atoms with Gasteiger partial charge in [0.05, 0.1) is 18.5 Å². The molecule has 0 aliphatic rings. The highest BCUT2D eigenvalue weighted by Gasteiger charge is 2.15. The molecule has 0 aliphatic carbocycles. The first-order chi connectivity index (χ1) is 12.0. The summed E-state index contributed by atoms with van der Waals surface area (Å²) in [6, 6.07) is 7.20. The van der Waals surface area contributed by atoms with Gasteiger partial charge in [0.25, 0.3) is 5.56 Å². The smallest absolute Gasteiger partial charge is 0.282 e. The van der Waals surface area contributed by atoms with E-state index in [9.17, 15) is 9.59 Å². The van der Waals surface area contributed by atoms with Gasteiger partial charge >= 0.3 is 0 Å². The Bertz CT molecular complexity index is 981. The van der Waals surface area contributed by atoms with Gasteiger partial charge in [-0.25, -0.2) is 4.98 Å². The van der Waals surface area contributed by atoms with Gasteiger partial charge in [-0.3, -0.25) is 18.8 Å². The Balaban J connectivity index is 2.09. The van der Waals surface area contributed by atoms with Gasteiger partial charge in [0.15, 0.2) is 10.7 Å². The normalized spacial score (nSPS) is 11.1. The molecular formula is C16H16ClN5O2S. The number of carbonyl (C=O) groups is 1. The number of aryl methyl sites for hydroxylation is 1. The SMILES string of the molecule is CCn1cc2nc(SCC(N)=O)n(Cc3ccc(Cl)cc3)c(=O)c2n1. The van der Waals surface area contributed by atoms with Crippen LogP contribution < -0.4 is 11.3 Å². The molecule has 7 nitrogen and oxygen atoms in total. The number of benzene rings is 1. The maximum Gasteiger partial charge on any atom is 0.282 e. The van der Waals surface area contributed by atoms with E-state index in [0.29, 0.717) is 34.3 Å². The molecule has 130 valence electrons. The van der Waals surface area contributed by atoms with Crippen LogP contribution in [-0.2, 0) is 17.9 Å². The number of fused-ring (bicyclic) bond motifs is 1. The summed E-state index contributed by atoms with van der Waals surface area (Å²) in [5, 5.41) is 5.33. The number of thioether (sulfide) groups is 1. The number of halogens is 1. The van der Waals surface area contributed by atoms with Crippen molar-refractivity contribution in [1.29, 1.82) is 0 Å². The van der Waals surface area contributed by atoms with Crippen LogP contribution >= 0.6 is 23.4 Å². The maximum atomic E-state index is 12.9. The molecule has 0 radical (unpaired) electrons. The zero-order chi connectivity index (χ0) is 18.0. The average Bonchev–Trinajstić information content (AvgIpc) is 3.01. The Hall–Kier alpha value is -2.32. The van der Waals surface area contributed by atoms with Crippen molar-refractivity contribution in [2.75, 3.05) is 5.75 Å². The Morgan fingerprint density at radius 2 is 2.04 bits per heavy atom. The molecule has 3 aromatic rings. The summed E-state index contributed by atoms with van der Waals surface area (Å²) in [5.74, 6) is -0.429. The van der Waals surface area contributed by atoms with Crippen LogP contribution in [0.1, 0.15) is 12.5 Å². The second-order valence-corrected chi connectivity index (χ2v) is 6.76. The molecule has 25 heavy (non-hydrogen) atoms. The summed E-state index contributed by atoms with van der Waals surface area (Å²) < 4.78 is 3.17. The molecule has 1 aromatic carbocycles. The molecule has 0 saturated heterocycles. The van der Waals surface area contributed by atoms with Crippen LogP contribution in [0.2, 0.25) is 5.02 Å². The number of nitrogens with two attached hydrogens (primary N) is 1. The number of amides is 1. The van der Waals surface area contributed by atoms with E-state index in [4.69, 9.17) is 17.3 Å². The van der Waals surface area contributed by atoms with E-state index < -0.39 is 5.91 Å². The average molecular weight is 378 g/mol. The number of aromatic nitrogens is 4. The molecule has 0 unspecified atom stereocenters. The van der Waals surface area contributed by atoms with Crippen molar-refractivity contribution in [3.8, 4) is 0 Å². The highest BCUT2D eigenvalue weighted by molar-refractivity contribution is 7.99. The van der Waals surface area contributed by atoms with Crippen molar-refractivity contribution < 1.29 is 4.79 Å². The van der Waals surface area contributed by atoms with Crippen LogP contribution in [0, 0.1) is 0 Å². The molecule has 0 aliphatic heterocycles. The molecule has 3 rings (SSSR count). The fraction of sp³-hybridized carbons (Fsp3) is 0.250. The van der Waals surface area contributed by atoms with Gasteiger partial charge < -0.3 is 5.73 Å². The van der Waals surface area contributed by atoms with Crippen molar-refractivity contribution in [1.82, 2.24) is 19.3 Å². The molecule has 9 heteroatoms. The van der Waals surface area contributed by atoms with E-state index in [1.54, 1.807) is 23.0 Å². The minimum atomic E-state index is -0.471. The first-order valence-electron chi connectivity index (χ1n) is 7.61. The molecule has 2 aromatic heterocycles. The molecule has 2 heterocycles. The third-order valence-electron chi connectivity index (χ3n) is 3.56. The number of primary amides is 1. The quantitative estimate of drug-likeness (QED) is 0.522. The number of hydrogen-bond donors (Lipinski definition) is 1. The van der Waals surface area contributed by atoms with E-state index in [2.05, 4.69) is 10.1 Å². The zero-order valence-electron chi connectivity index (χ0n) is 13.5. The van der Waals surface area contributed by atoms with Gasteiger partial charge in [-0.05, 0) is 24.6 Å². The van der Waals surface area contributed by atoms with Gasteiger partial charge in [-0.1, -0.05) is 35.5 Å². The second-order valence-electron chi connectivity index (χ2n) is 5.39. The van der Waals surface area contributed by atoms with E-state index in [1.165, 1.54) is 4.57 Å². The third-order valence-corrected chi connectivity index (χ3v) is 4.81. The number of nitrogens with zero attached hydrogens (tertiary/aromatic N) is 4. The number of rotatable bonds is 6. The van der Waals surface area contributed by atoms with Crippen molar-refractivity contribution in [3.63, 3.8) is 0 Å². The van der Waals surface area contributed by atoms with E-state index in [0.717, 1.165) is 17.3 Å². The minimum Gasteiger partial charge on any atom is -0.369 e. The van der Waals surface area contributed by atoms with Crippen LogP contribution in [0.5, 0.6) is 0 Å². The van der Waals surface area contributed by atoms with Crippen LogP contribution in [0.15, 0.2) is 40.4 Å². The maximum absolute atomic E-state index is 12.9. The summed E-state index contributed by atoms with van der Waals surface area (Å²) >= 11 is 7.05. The zero-order valence-corrected chi connectivity index (χ0v) is 15.0. The van der Waals surface area contributed by atoms with Crippen molar-refractivity contribution >= 4 is 40.3 Å². The lowest BCUT2D eigenvalue weighted by Crippen LogP contribution is -2.25.